The van der Waals surface area contributed by atoms with E-state index < -0.39 is 6.04 Å². The molecular formula is C16H25N3O2. The topological polar surface area (TPSA) is 69.8 Å². The summed E-state index contributed by atoms with van der Waals surface area (Å²) in [4.78, 5) is 16.7. The van der Waals surface area contributed by atoms with Crippen molar-refractivity contribution in [3.63, 3.8) is 0 Å². The van der Waals surface area contributed by atoms with Crippen LogP contribution < -0.4 is 5.73 Å². The van der Waals surface area contributed by atoms with Crippen LogP contribution >= 0.6 is 0 Å². The number of hydrogen-bond acceptors (Lipinski definition) is 4. The van der Waals surface area contributed by atoms with E-state index >= 15 is 0 Å². The van der Waals surface area contributed by atoms with Gasteiger partial charge in [-0.05, 0) is 51.1 Å². The van der Waals surface area contributed by atoms with Gasteiger partial charge >= 0.3 is 0 Å². The van der Waals surface area contributed by atoms with Crippen LogP contribution in [0.25, 0.3) is 0 Å². The van der Waals surface area contributed by atoms with Gasteiger partial charge in [-0.25, -0.2) is 0 Å². The van der Waals surface area contributed by atoms with E-state index in [4.69, 9.17) is 5.73 Å². The first kappa shape index (κ1) is 15.8. The first-order valence-corrected chi connectivity index (χ1v) is 7.50. The lowest BCUT2D eigenvalue weighted by atomic mass is 10.0. The van der Waals surface area contributed by atoms with Gasteiger partial charge in [0.1, 0.15) is 5.75 Å². The largest absolute Gasteiger partial charge is 0.508 e. The van der Waals surface area contributed by atoms with Crippen LogP contribution in [0.4, 0.5) is 0 Å². The molecule has 0 radical (unpaired) electrons. The van der Waals surface area contributed by atoms with Crippen LogP contribution in [0.5, 0.6) is 5.75 Å². The standard InChI is InChI=1S/C16H25N3O2/c1-12-11-18(2)8-3-9-19(12)16(21)15(17)10-13-4-6-14(20)7-5-13/h4-7,12,15,20H,3,8-11,17H2,1-2H3. The SMILES string of the molecule is CC1CN(C)CCCN1C(=O)C(N)Cc1ccc(O)cc1. The Hall–Kier alpha value is -1.59. The van der Waals surface area contributed by atoms with Crippen LogP contribution in [-0.4, -0.2) is 59.6 Å². The van der Waals surface area contributed by atoms with Gasteiger partial charge in [0, 0.05) is 19.1 Å². The number of nitrogens with two attached hydrogens (primary N) is 1. The highest BCUT2D eigenvalue weighted by Gasteiger charge is 2.27. The molecule has 2 unspecified atom stereocenters. The molecule has 1 fully saturated rings. The summed E-state index contributed by atoms with van der Waals surface area (Å²) in [6.45, 7) is 4.75. The summed E-state index contributed by atoms with van der Waals surface area (Å²) in [6.07, 6.45) is 1.48. The molecule has 0 aromatic heterocycles. The van der Waals surface area contributed by atoms with E-state index in [1.807, 2.05) is 17.0 Å². The molecule has 0 saturated carbocycles. The summed E-state index contributed by atoms with van der Waals surface area (Å²) in [5.74, 6) is 0.244. The summed E-state index contributed by atoms with van der Waals surface area (Å²) in [6, 6.07) is 6.52. The van der Waals surface area contributed by atoms with Gasteiger partial charge in [0.25, 0.3) is 0 Å². The molecule has 1 saturated heterocycles. The highest BCUT2D eigenvalue weighted by molar-refractivity contribution is 5.82. The Morgan fingerprint density at radius 2 is 2.05 bits per heavy atom. The maximum Gasteiger partial charge on any atom is 0.240 e. The number of hydrogen-bond donors (Lipinski definition) is 2. The zero-order chi connectivity index (χ0) is 15.4. The van der Waals surface area contributed by atoms with E-state index in [0.29, 0.717) is 6.42 Å². The molecule has 116 valence electrons. The lowest BCUT2D eigenvalue weighted by molar-refractivity contribution is -0.134. The van der Waals surface area contributed by atoms with E-state index in [2.05, 4.69) is 18.9 Å². The van der Waals surface area contributed by atoms with Crippen LogP contribution in [0.3, 0.4) is 0 Å². The normalized spacial score (nSPS) is 21.9. The number of benzene rings is 1. The monoisotopic (exact) mass is 291 g/mol. The highest BCUT2D eigenvalue weighted by atomic mass is 16.3. The van der Waals surface area contributed by atoms with Crippen LogP contribution in [0, 0.1) is 0 Å². The Morgan fingerprint density at radius 1 is 1.38 bits per heavy atom. The minimum Gasteiger partial charge on any atom is -0.508 e. The molecule has 5 nitrogen and oxygen atoms in total. The molecule has 1 aromatic rings. The molecule has 0 spiro atoms. The van der Waals surface area contributed by atoms with Crippen molar-refractivity contribution in [3.8, 4) is 5.75 Å². The Kier molecular flexibility index (Phi) is 5.20. The number of carbonyl (C=O) groups is 1. The van der Waals surface area contributed by atoms with E-state index in [0.717, 1.165) is 31.6 Å². The van der Waals surface area contributed by atoms with Crippen LogP contribution in [0.15, 0.2) is 24.3 Å². The molecule has 21 heavy (non-hydrogen) atoms. The lowest BCUT2D eigenvalue weighted by Gasteiger charge is -2.30. The van der Waals surface area contributed by atoms with Crippen molar-refractivity contribution in [1.82, 2.24) is 9.80 Å². The molecule has 1 aliphatic heterocycles. The predicted octanol–water partition coefficient (Wildman–Crippen LogP) is 0.815. The molecule has 1 amide bonds. The quantitative estimate of drug-likeness (QED) is 0.865. The molecule has 5 heteroatoms. The number of likely N-dealkylation sites (N-methyl/N-ethyl adjacent to an activating group) is 1. The van der Waals surface area contributed by atoms with Crippen molar-refractivity contribution in [3.05, 3.63) is 29.8 Å². The van der Waals surface area contributed by atoms with Gasteiger partial charge in [-0.3, -0.25) is 4.79 Å². The van der Waals surface area contributed by atoms with Crippen molar-refractivity contribution in [2.45, 2.75) is 31.8 Å². The fraction of sp³-hybridized carbons (Fsp3) is 0.562. The van der Waals surface area contributed by atoms with Crippen molar-refractivity contribution < 1.29 is 9.90 Å². The van der Waals surface area contributed by atoms with Gasteiger partial charge in [-0.1, -0.05) is 12.1 Å². The number of carbonyl (C=O) groups excluding carboxylic acids is 1. The number of amides is 1. The molecule has 2 rings (SSSR count). The summed E-state index contributed by atoms with van der Waals surface area (Å²) in [5.41, 5.74) is 7.06. The maximum atomic E-state index is 12.6. The number of nitrogens with zero attached hydrogens (tertiary/aromatic N) is 2. The minimum absolute atomic E-state index is 0.0193. The fourth-order valence-electron chi connectivity index (χ4n) is 2.89. The molecule has 3 N–H and O–H groups in total. The number of aromatic hydroxyl groups is 1. The van der Waals surface area contributed by atoms with Crippen molar-refractivity contribution in [2.75, 3.05) is 26.7 Å². The second-order valence-corrected chi connectivity index (χ2v) is 5.97. The molecule has 0 aliphatic carbocycles. The molecule has 1 heterocycles. The van der Waals surface area contributed by atoms with Crippen molar-refractivity contribution >= 4 is 5.91 Å². The molecule has 2 atom stereocenters. The van der Waals surface area contributed by atoms with Gasteiger partial charge in [-0.2, -0.15) is 0 Å². The Morgan fingerprint density at radius 3 is 2.71 bits per heavy atom. The van der Waals surface area contributed by atoms with Gasteiger partial charge in [0.2, 0.25) is 5.91 Å². The zero-order valence-corrected chi connectivity index (χ0v) is 12.8. The second kappa shape index (κ2) is 6.91. The van der Waals surface area contributed by atoms with Crippen LogP contribution in [0.2, 0.25) is 0 Å². The predicted molar refractivity (Wildman–Crippen MR) is 83.1 cm³/mol. The average Bonchev–Trinajstić information content (AvgIpc) is 2.61. The third kappa shape index (κ3) is 4.19. The van der Waals surface area contributed by atoms with E-state index in [1.165, 1.54) is 0 Å². The second-order valence-electron chi connectivity index (χ2n) is 5.97. The highest BCUT2D eigenvalue weighted by Crippen LogP contribution is 2.14. The molecular weight excluding hydrogens is 266 g/mol. The molecule has 1 aromatic carbocycles. The lowest BCUT2D eigenvalue weighted by Crippen LogP contribution is -2.50. The summed E-state index contributed by atoms with van der Waals surface area (Å²) >= 11 is 0. The Bertz CT molecular complexity index is 475. The van der Waals surface area contributed by atoms with E-state index in [1.54, 1.807) is 12.1 Å². The van der Waals surface area contributed by atoms with E-state index in [-0.39, 0.29) is 17.7 Å². The third-order valence-electron chi connectivity index (χ3n) is 4.04. The first-order valence-electron chi connectivity index (χ1n) is 7.50. The minimum atomic E-state index is -0.527. The summed E-state index contributed by atoms with van der Waals surface area (Å²) in [7, 11) is 2.08. The summed E-state index contributed by atoms with van der Waals surface area (Å²) < 4.78 is 0. The average molecular weight is 291 g/mol. The summed E-state index contributed by atoms with van der Waals surface area (Å²) in [5, 5.41) is 9.28. The van der Waals surface area contributed by atoms with Crippen LogP contribution in [-0.2, 0) is 11.2 Å². The van der Waals surface area contributed by atoms with Gasteiger partial charge < -0.3 is 20.6 Å². The number of phenols is 1. The molecule has 1 aliphatic rings. The first-order chi connectivity index (χ1) is 9.97. The van der Waals surface area contributed by atoms with Crippen molar-refractivity contribution in [2.24, 2.45) is 5.73 Å². The van der Waals surface area contributed by atoms with E-state index in [9.17, 15) is 9.90 Å². The van der Waals surface area contributed by atoms with Crippen molar-refractivity contribution in [1.29, 1.82) is 0 Å². The number of phenolic OH excluding ortho intramolecular Hbond substituents is 1. The Balaban J connectivity index is 1.99. The van der Waals surface area contributed by atoms with Gasteiger partial charge in [-0.15, -0.1) is 0 Å². The van der Waals surface area contributed by atoms with Gasteiger partial charge in [0.05, 0.1) is 6.04 Å². The molecule has 0 bridgehead atoms. The van der Waals surface area contributed by atoms with Crippen LogP contribution in [0.1, 0.15) is 18.9 Å². The third-order valence-corrected chi connectivity index (χ3v) is 4.04. The maximum absolute atomic E-state index is 12.6. The smallest absolute Gasteiger partial charge is 0.240 e. The zero-order valence-electron chi connectivity index (χ0n) is 12.8. The fourth-order valence-corrected chi connectivity index (χ4v) is 2.89. The Labute approximate surface area is 126 Å². The van der Waals surface area contributed by atoms with Gasteiger partial charge in [0.15, 0.2) is 0 Å². The number of rotatable bonds is 3.